The van der Waals surface area contributed by atoms with Crippen LogP contribution in [0.25, 0.3) is 11.5 Å². The molecule has 0 bridgehead atoms. The number of anilines is 1. The van der Waals surface area contributed by atoms with Gasteiger partial charge in [-0.3, -0.25) is 4.79 Å². The summed E-state index contributed by atoms with van der Waals surface area (Å²) in [7, 11) is 0. The van der Waals surface area contributed by atoms with Gasteiger partial charge in [0.05, 0.1) is 24.3 Å². The predicted molar refractivity (Wildman–Crippen MR) is 104 cm³/mol. The number of amides is 1. The van der Waals surface area contributed by atoms with Gasteiger partial charge >= 0.3 is 5.97 Å². The van der Waals surface area contributed by atoms with Crippen molar-refractivity contribution in [1.29, 1.82) is 0 Å². The van der Waals surface area contributed by atoms with Crippen LogP contribution in [-0.2, 0) is 16.0 Å². The number of aryl methyl sites for hydroxylation is 1. The maximum Gasteiger partial charge on any atom is 0.341 e. The minimum absolute atomic E-state index is 0.0502. The second-order valence-electron chi connectivity index (χ2n) is 5.94. The van der Waals surface area contributed by atoms with Crippen LogP contribution in [0, 0.1) is 13.8 Å². The fourth-order valence-electron chi connectivity index (χ4n) is 2.60. The van der Waals surface area contributed by atoms with Crippen LogP contribution in [0.3, 0.4) is 0 Å². The van der Waals surface area contributed by atoms with Gasteiger partial charge in [0.25, 0.3) is 0 Å². The molecule has 6 nitrogen and oxygen atoms in total. The van der Waals surface area contributed by atoms with Gasteiger partial charge in [-0.05, 0) is 38.5 Å². The maximum absolute atomic E-state index is 12.4. The molecule has 0 saturated carbocycles. The molecule has 2 heterocycles. The molecule has 0 spiro atoms. The summed E-state index contributed by atoms with van der Waals surface area (Å²) in [5.74, 6) is -0.231. The molecular formula is C20H20N2O4S. The number of hydrogen-bond donors (Lipinski definition) is 1. The Balaban J connectivity index is 1.73. The highest BCUT2D eigenvalue weighted by atomic mass is 32.1. The molecule has 1 amide bonds. The molecule has 27 heavy (non-hydrogen) atoms. The summed E-state index contributed by atoms with van der Waals surface area (Å²) >= 11 is 1.36. The minimum Gasteiger partial charge on any atom is -0.462 e. The molecule has 0 aliphatic carbocycles. The van der Waals surface area contributed by atoms with Crippen molar-refractivity contribution >= 4 is 28.2 Å². The first-order valence-corrected chi connectivity index (χ1v) is 9.38. The van der Waals surface area contributed by atoms with Gasteiger partial charge < -0.3 is 14.5 Å². The normalized spacial score (nSPS) is 10.6. The standard InChI is InChI=1S/C20H20N2O4S/c1-4-25-20(24)17-12(2)13(3)27-19(17)22-16(23)10-15-11-26-18(21-15)14-8-6-5-7-9-14/h5-9,11H,4,10H2,1-3H3,(H,22,23). The predicted octanol–water partition coefficient (Wildman–Crippen LogP) is 4.38. The van der Waals surface area contributed by atoms with Gasteiger partial charge in [-0.25, -0.2) is 9.78 Å². The van der Waals surface area contributed by atoms with E-state index >= 15 is 0 Å². The Hall–Kier alpha value is -2.93. The lowest BCUT2D eigenvalue weighted by molar-refractivity contribution is -0.115. The Morgan fingerprint density at radius 3 is 2.67 bits per heavy atom. The molecule has 0 aliphatic heterocycles. The zero-order valence-electron chi connectivity index (χ0n) is 15.4. The quantitative estimate of drug-likeness (QED) is 0.638. The van der Waals surface area contributed by atoms with Crippen LogP contribution < -0.4 is 5.32 Å². The van der Waals surface area contributed by atoms with E-state index in [1.807, 2.05) is 44.2 Å². The number of rotatable bonds is 6. The van der Waals surface area contributed by atoms with Gasteiger partial charge in [-0.2, -0.15) is 0 Å². The van der Waals surface area contributed by atoms with Crippen molar-refractivity contribution in [2.75, 3.05) is 11.9 Å². The summed E-state index contributed by atoms with van der Waals surface area (Å²) in [6.07, 6.45) is 1.52. The van der Waals surface area contributed by atoms with Crippen LogP contribution in [0.15, 0.2) is 41.0 Å². The molecule has 1 N–H and O–H groups in total. The fourth-order valence-corrected chi connectivity index (χ4v) is 3.67. The smallest absolute Gasteiger partial charge is 0.341 e. The van der Waals surface area contributed by atoms with Crippen molar-refractivity contribution in [1.82, 2.24) is 4.98 Å². The van der Waals surface area contributed by atoms with Crippen LogP contribution in [0.1, 0.15) is 33.4 Å². The second kappa shape index (κ2) is 8.18. The highest BCUT2D eigenvalue weighted by Gasteiger charge is 2.22. The molecule has 3 aromatic rings. The highest BCUT2D eigenvalue weighted by Crippen LogP contribution is 2.33. The summed E-state index contributed by atoms with van der Waals surface area (Å²) in [6, 6.07) is 9.47. The lowest BCUT2D eigenvalue weighted by Gasteiger charge is -2.06. The molecule has 0 aliphatic rings. The number of oxazole rings is 1. The van der Waals surface area contributed by atoms with Crippen molar-refractivity contribution in [2.45, 2.75) is 27.2 Å². The highest BCUT2D eigenvalue weighted by molar-refractivity contribution is 7.16. The van der Waals surface area contributed by atoms with Gasteiger partial charge in [0.2, 0.25) is 11.8 Å². The first-order chi connectivity index (χ1) is 13.0. The lowest BCUT2D eigenvalue weighted by Crippen LogP contribution is -2.16. The van der Waals surface area contributed by atoms with Crippen molar-refractivity contribution in [2.24, 2.45) is 0 Å². The number of carbonyl (C=O) groups is 2. The number of thiophene rings is 1. The third-order valence-electron chi connectivity index (χ3n) is 4.03. The molecule has 0 unspecified atom stereocenters. The zero-order valence-corrected chi connectivity index (χ0v) is 16.2. The Labute approximate surface area is 161 Å². The van der Waals surface area contributed by atoms with Crippen LogP contribution in [0.5, 0.6) is 0 Å². The van der Waals surface area contributed by atoms with E-state index in [2.05, 4.69) is 10.3 Å². The largest absolute Gasteiger partial charge is 0.462 e. The topological polar surface area (TPSA) is 81.4 Å². The number of carbonyl (C=O) groups excluding carboxylic acids is 2. The average molecular weight is 384 g/mol. The maximum atomic E-state index is 12.4. The zero-order chi connectivity index (χ0) is 19.4. The van der Waals surface area contributed by atoms with Gasteiger partial charge in [0, 0.05) is 10.4 Å². The Morgan fingerprint density at radius 2 is 1.96 bits per heavy atom. The van der Waals surface area contributed by atoms with Crippen LogP contribution >= 0.6 is 11.3 Å². The molecule has 140 valence electrons. The molecule has 3 rings (SSSR count). The minimum atomic E-state index is -0.428. The monoisotopic (exact) mass is 384 g/mol. The average Bonchev–Trinajstić information content (AvgIpc) is 3.21. The summed E-state index contributed by atoms with van der Waals surface area (Å²) < 4.78 is 10.6. The molecule has 0 atom stereocenters. The number of esters is 1. The Bertz CT molecular complexity index is 960. The van der Waals surface area contributed by atoms with Gasteiger partial charge in [-0.15, -0.1) is 11.3 Å². The molecule has 2 aromatic heterocycles. The van der Waals surface area contributed by atoms with Gasteiger partial charge in [0.15, 0.2) is 0 Å². The van der Waals surface area contributed by atoms with Crippen LogP contribution in [-0.4, -0.2) is 23.5 Å². The number of aromatic nitrogens is 1. The van der Waals surface area contributed by atoms with E-state index in [1.54, 1.807) is 6.92 Å². The van der Waals surface area contributed by atoms with Crippen molar-refractivity contribution < 1.29 is 18.7 Å². The van der Waals surface area contributed by atoms with E-state index in [4.69, 9.17) is 9.15 Å². The Kier molecular flexibility index (Phi) is 5.71. The number of nitrogens with one attached hydrogen (secondary N) is 1. The molecule has 1 aromatic carbocycles. The number of nitrogens with zero attached hydrogens (tertiary/aromatic N) is 1. The van der Waals surface area contributed by atoms with Crippen LogP contribution in [0.2, 0.25) is 0 Å². The first-order valence-electron chi connectivity index (χ1n) is 8.56. The molecule has 0 radical (unpaired) electrons. The number of benzene rings is 1. The number of hydrogen-bond acceptors (Lipinski definition) is 6. The summed E-state index contributed by atoms with van der Waals surface area (Å²) in [5, 5.41) is 3.31. The fraction of sp³-hybridized carbons (Fsp3) is 0.250. The summed E-state index contributed by atoms with van der Waals surface area (Å²) in [5.41, 5.74) is 2.60. The lowest BCUT2D eigenvalue weighted by atomic mass is 10.1. The van der Waals surface area contributed by atoms with Gasteiger partial charge in [0.1, 0.15) is 11.3 Å². The van der Waals surface area contributed by atoms with Crippen molar-refractivity contribution in [3.63, 3.8) is 0 Å². The number of ether oxygens (including phenoxy) is 1. The third-order valence-corrected chi connectivity index (χ3v) is 5.15. The van der Waals surface area contributed by atoms with Crippen molar-refractivity contribution in [3.8, 4) is 11.5 Å². The van der Waals surface area contributed by atoms with Gasteiger partial charge in [-0.1, -0.05) is 18.2 Å². The van der Waals surface area contributed by atoms with E-state index in [-0.39, 0.29) is 18.9 Å². The van der Waals surface area contributed by atoms with E-state index in [9.17, 15) is 9.59 Å². The third kappa shape index (κ3) is 4.25. The summed E-state index contributed by atoms with van der Waals surface area (Å²) in [6.45, 7) is 5.78. The Morgan fingerprint density at radius 1 is 1.22 bits per heavy atom. The molecule has 7 heteroatoms. The molecule has 0 saturated heterocycles. The van der Waals surface area contributed by atoms with E-state index in [0.717, 1.165) is 16.0 Å². The summed E-state index contributed by atoms with van der Waals surface area (Å²) in [4.78, 5) is 30.0. The van der Waals surface area contributed by atoms with E-state index < -0.39 is 5.97 Å². The van der Waals surface area contributed by atoms with Crippen molar-refractivity contribution in [3.05, 3.63) is 58.3 Å². The van der Waals surface area contributed by atoms with E-state index in [1.165, 1.54) is 17.6 Å². The SMILES string of the molecule is CCOC(=O)c1c(NC(=O)Cc2coc(-c3ccccc3)n2)sc(C)c1C. The van der Waals surface area contributed by atoms with E-state index in [0.29, 0.717) is 22.1 Å². The second-order valence-corrected chi connectivity index (χ2v) is 7.17. The van der Waals surface area contributed by atoms with Crippen LogP contribution in [0.4, 0.5) is 5.00 Å². The first kappa shape index (κ1) is 18.8. The molecular weight excluding hydrogens is 364 g/mol. The molecule has 0 fully saturated rings.